The van der Waals surface area contributed by atoms with Crippen molar-refractivity contribution in [1.82, 2.24) is 14.5 Å². The molecule has 1 atom stereocenters. The van der Waals surface area contributed by atoms with E-state index in [0.717, 1.165) is 15.9 Å². The molecular weight excluding hydrogens is 280 g/mol. The first kappa shape index (κ1) is 13.8. The fourth-order valence-electron chi connectivity index (χ4n) is 2.92. The second-order valence-corrected chi connectivity index (χ2v) is 5.08. The summed E-state index contributed by atoms with van der Waals surface area (Å²) in [6, 6.07) is 5.90. The topological polar surface area (TPSA) is 61.2 Å². The molecule has 1 aromatic heterocycles. The van der Waals surface area contributed by atoms with Crippen molar-refractivity contribution in [1.29, 1.82) is 0 Å². The number of carbonyl (C=O) groups is 1. The van der Waals surface area contributed by atoms with Gasteiger partial charge in [0.1, 0.15) is 11.9 Å². The normalized spacial score (nSPS) is 19.4. The van der Waals surface area contributed by atoms with Gasteiger partial charge in [0.25, 0.3) is 0 Å². The number of carboxylic acid groups (broad SMARTS) is 1. The third-order valence-corrected chi connectivity index (χ3v) is 3.85. The first-order valence-corrected chi connectivity index (χ1v) is 6.82. The molecule has 1 aliphatic rings. The Hall–Kier alpha value is -2.18. The number of aromatic nitrogens is 2. The van der Waals surface area contributed by atoms with Crippen molar-refractivity contribution >= 4 is 17.1 Å². The van der Waals surface area contributed by atoms with Crippen molar-refractivity contribution in [2.75, 3.05) is 6.54 Å². The number of alkyl halides is 2. The molecule has 0 radical (unpaired) electrons. The van der Waals surface area contributed by atoms with Gasteiger partial charge >= 0.3 is 6.55 Å². The summed E-state index contributed by atoms with van der Waals surface area (Å²) >= 11 is 0. The highest BCUT2D eigenvalue weighted by atomic mass is 19.3. The molecule has 1 unspecified atom stereocenters. The first-order chi connectivity index (χ1) is 10.1. The summed E-state index contributed by atoms with van der Waals surface area (Å²) in [4.78, 5) is 16.6. The number of imidazole rings is 1. The zero-order chi connectivity index (χ0) is 15.0. The van der Waals surface area contributed by atoms with E-state index in [-0.39, 0.29) is 5.82 Å². The van der Waals surface area contributed by atoms with E-state index < -0.39 is 18.7 Å². The quantitative estimate of drug-likeness (QED) is 0.854. The molecule has 0 bridgehead atoms. The van der Waals surface area contributed by atoms with E-state index in [9.17, 15) is 18.7 Å². The van der Waals surface area contributed by atoms with Crippen LogP contribution in [0.1, 0.15) is 37.7 Å². The maximum atomic E-state index is 13.4. The van der Waals surface area contributed by atoms with Crippen LogP contribution in [0.2, 0.25) is 0 Å². The number of likely N-dealkylation sites (tertiary alicyclic amines) is 1. The average molecular weight is 294 g/mol. The zero-order valence-corrected chi connectivity index (χ0v) is 11.2. The number of para-hydroxylation sites is 2. The number of carbonyl (C=O) groups excluding carboxylic acids is 1. The molecule has 0 N–H and O–H groups in total. The first-order valence-electron chi connectivity index (χ1n) is 6.82. The van der Waals surface area contributed by atoms with Crippen LogP contribution >= 0.6 is 0 Å². The van der Waals surface area contributed by atoms with Crippen molar-refractivity contribution in [2.45, 2.75) is 31.9 Å². The molecule has 1 fully saturated rings. The summed E-state index contributed by atoms with van der Waals surface area (Å²) in [5.74, 6) is 0.0927. The Morgan fingerprint density at radius 3 is 2.81 bits per heavy atom. The highest BCUT2D eigenvalue weighted by Crippen LogP contribution is 2.34. The van der Waals surface area contributed by atoms with Gasteiger partial charge < -0.3 is 14.8 Å². The number of halogens is 2. The molecule has 0 spiro atoms. The fraction of sp³-hybridized carbons (Fsp3) is 0.429. The van der Waals surface area contributed by atoms with E-state index in [2.05, 4.69) is 4.98 Å². The summed E-state index contributed by atoms with van der Waals surface area (Å²) in [6.45, 7) is -2.47. The SMILES string of the molecule is O=C([O-])N1CCCCC1c1nc2ccccc2n1C(F)F. The van der Waals surface area contributed by atoms with Crippen molar-refractivity contribution < 1.29 is 18.7 Å². The number of piperidine rings is 1. The molecule has 1 aliphatic heterocycles. The van der Waals surface area contributed by atoms with Crippen LogP contribution in [0.4, 0.5) is 13.6 Å². The van der Waals surface area contributed by atoms with Crippen molar-refractivity contribution in [3.63, 3.8) is 0 Å². The number of fused-ring (bicyclic) bond motifs is 1. The van der Waals surface area contributed by atoms with Crippen LogP contribution in [0.3, 0.4) is 0 Å². The van der Waals surface area contributed by atoms with Gasteiger partial charge in [-0.25, -0.2) is 4.98 Å². The summed E-state index contributed by atoms with van der Waals surface area (Å²) in [5.41, 5.74) is 0.753. The maximum Gasteiger partial charge on any atom is 0.320 e. The summed E-state index contributed by atoms with van der Waals surface area (Å²) in [5, 5.41) is 11.2. The van der Waals surface area contributed by atoms with Gasteiger partial charge in [-0.2, -0.15) is 8.78 Å². The summed E-state index contributed by atoms with van der Waals surface area (Å²) < 4.78 is 27.7. The van der Waals surface area contributed by atoms with E-state index in [4.69, 9.17) is 0 Å². The van der Waals surface area contributed by atoms with E-state index >= 15 is 0 Å². The number of amides is 1. The number of hydrogen-bond acceptors (Lipinski definition) is 3. The van der Waals surface area contributed by atoms with Crippen LogP contribution in [0, 0.1) is 0 Å². The fourth-order valence-corrected chi connectivity index (χ4v) is 2.92. The predicted octanol–water partition coefficient (Wildman–Crippen LogP) is 2.30. The van der Waals surface area contributed by atoms with Crippen LogP contribution in [-0.4, -0.2) is 27.1 Å². The standard InChI is InChI=1S/C14H15F2N3O2/c15-13(16)19-10-6-2-1-5-9(10)17-12(19)11-7-3-4-8-18(11)14(20)21/h1-2,5-6,11,13H,3-4,7-8H2,(H,20,21)/p-1. The summed E-state index contributed by atoms with van der Waals surface area (Å²) in [7, 11) is 0. The second-order valence-electron chi connectivity index (χ2n) is 5.08. The predicted molar refractivity (Wildman–Crippen MR) is 69.7 cm³/mol. The molecule has 0 aliphatic carbocycles. The van der Waals surface area contributed by atoms with Crippen molar-refractivity contribution in [3.05, 3.63) is 30.1 Å². The van der Waals surface area contributed by atoms with Gasteiger partial charge in [0.2, 0.25) is 0 Å². The molecule has 112 valence electrons. The Morgan fingerprint density at radius 2 is 2.10 bits per heavy atom. The van der Waals surface area contributed by atoms with Crippen LogP contribution in [0.15, 0.2) is 24.3 Å². The van der Waals surface area contributed by atoms with Gasteiger partial charge in [0.05, 0.1) is 17.1 Å². The van der Waals surface area contributed by atoms with Crippen LogP contribution in [-0.2, 0) is 0 Å². The van der Waals surface area contributed by atoms with E-state index in [1.807, 2.05) is 0 Å². The Kier molecular flexibility index (Phi) is 3.48. The van der Waals surface area contributed by atoms with Gasteiger partial charge in [-0.15, -0.1) is 0 Å². The second kappa shape index (κ2) is 5.31. The van der Waals surface area contributed by atoms with Crippen molar-refractivity contribution in [3.8, 4) is 0 Å². The van der Waals surface area contributed by atoms with Crippen LogP contribution in [0.25, 0.3) is 11.0 Å². The average Bonchev–Trinajstić information content (AvgIpc) is 2.86. The van der Waals surface area contributed by atoms with Gasteiger partial charge in [-0.1, -0.05) is 12.1 Å². The molecule has 2 aromatic rings. The Labute approximate surface area is 119 Å². The van der Waals surface area contributed by atoms with Gasteiger partial charge in [0.15, 0.2) is 0 Å². The molecule has 21 heavy (non-hydrogen) atoms. The molecule has 3 rings (SSSR count). The number of hydrogen-bond donors (Lipinski definition) is 0. The third-order valence-electron chi connectivity index (χ3n) is 3.85. The molecule has 7 heteroatoms. The molecule has 1 saturated heterocycles. The van der Waals surface area contributed by atoms with Gasteiger partial charge in [-0.3, -0.25) is 4.57 Å². The lowest BCUT2D eigenvalue weighted by molar-refractivity contribution is -0.269. The molecular formula is C14H14F2N3O2-. The Bertz CT molecular complexity index is 671. The number of benzene rings is 1. The van der Waals surface area contributed by atoms with Crippen LogP contribution in [0.5, 0.6) is 0 Å². The third kappa shape index (κ3) is 2.32. The minimum Gasteiger partial charge on any atom is -0.530 e. The Morgan fingerprint density at radius 1 is 1.33 bits per heavy atom. The summed E-state index contributed by atoms with van der Waals surface area (Å²) in [6.07, 6.45) is 0.622. The van der Waals surface area contributed by atoms with Gasteiger partial charge in [0, 0.05) is 6.54 Å². The lowest BCUT2D eigenvalue weighted by Gasteiger charge is -2.37. The minimum absolute atomic E-state index is 0.0927. The zero-order valence-electron chi connectivity index (χ0n) is 11.2. The van der Waals surface area contributed by atoms with Crippen molar-refractivity contribution in [2.24, 2.45) is 0 Å². The van der Waals surface area contributed by atoms with E-state index in [0.29, 0.717) is 30.4 Å². The molecule has 2 heterocycles. The minimum atomic E-state index is -2.77. The molecule has 5 nitrogen and oxygen atoms in total. The molecule has 1 amide bonds. The largest absolute Gasteiger partial charge is 0.530 e. The maximum absolute atomic E-state index is 13.4. The van der Waals surface area contributed by atoms with E-state index in [1.165, 1.54) is 0 Å². The molecule has 0 saturated carbocycles. The highest BCUT2D eigenvalue weighted by molar-refractivity contribution is 5.76. The molecule has 1 aromatic carbocycles. The smallest absolute Gasteiger partial charge is 0.320 e. The van der Waals surface area contributed by atoms with E-state index in [1.54, 1.807) is 24.3 Å². The lowest BCUT2D eigenvalue weighted by Crippen LogP contribution is -2.46. The lowest BCUT2D eigenvalue weighted by atomic mass is 10.0. The number of rotatable bonds is 2. The van der Waals surface area contributed by atoms with Gasteiger partial charge in [-0.05, 0) is 31.4 Å². The Balaban J connectivity index is 2.14. The number of nitrogens with zero attached hydrogens (tertiary/aromatic N) is 3. The van der Waals surface area contributed by atoms with Crippen LogP contribution < -0.4 is 5.11 Å². The highest BCUT2D eigenvalue weighted by Gasteiger charge is 2.30. The monoisotopic (exact) mass is 294 g/mol.